The van der Waals surface area contributed by atoms with E-state index in [4.69, 9.17) is 11.6 Å². The second-order valence-electron chi connectivity index (χ2n) is 5.09. The molecule has 2 saturated carbocycles. The monoisotopic (exact) mass is 236 g/mol. The van der Waals surface area contributed by atoms with Gasteiger partial charge in [-0.15, -0.1) is 0 Å². The molecule has 0 saturated heterocycles. The van der Waals surface area contributed by atoms with Gasteiger partial charge in [-0.05, 0) is 49.3 Å². The molecular formula is C13H17ClN2. The molecule has 1 aromatic rings. The Morgan fingerprint density at radius 1 is 1.31 bits per heavy atom. The summed E-state index contributed by atoms with van der Waals surface area (Å²) in [6.45, 7) is 2.33. The minimum Gasteiger partial charge on any atom is -0.296 e. The second-order valence-corrected chi connectivity index (χ2v) is 5.48. The van der Waals surface area contributed by atoms with Gasteiger partial charge in [-0.3, -0.25) is 4.90 Å². The minimum atomic E-state index is 0.611. The largest absolute Gasteiger partial charge is 0.296 e. The van der Waals surface area contributed by atoms with Gasteiger partial charge in [-0.25, -0.2) is 4.98 Å². The first-order chi connectivity index (χ1) is 7.81. The van der Waals surface area contributed by atoms with Gasteiger partial charge in [0.2, 0.25) is 0 Å². The van der Waals surface area contributed by atoms with Crippen molar-refractivity contribution < 1.29 is 0 Å². The van der Waals surface area contributed by atoms with E-state index in [1.54, 1.807) is 6.20 Å². The van der Waals surface area contributed by atoms with Crippen LogP contribution in [0.25, 0.3) is 0 Å². The van der Waals surface area contributed by atoms with E-state index in [0.29, 0.717) is 5.15 Å². The van der Waals surface area contributed by atoms with Crippen LogP contribution in [0.15, 0.2) is 18.3 Å². The summed E-state index contributed by atoms with van der Waals surface area (Å²) in [6, 6.07) is 4.91. The van der Waals surface area contributed by atoms with Crippen molar-refractivity contribution >= 4 is 11.6 Å². The highest BCUT2D eigenvalue weighted by atomic mass is 35.5. The van der Waals surface area contributed by atoms with Gasteiger partial charge in [0, 0.05) is 25.3 Å². The van der Waals surface area contributed by atoms with E-state index < -0.39 is 0 Å². The van der Waals surface area contributed by atoms with E-state index in [9.17, 15) is 0 Å². The van der Waals surface area contributed by atoms with Gasteiger partial charge in [0.15, 0.2) is 0 Å². The van der Waals surface area contributed by atoms with Crippen LogP contribution in [0.2, 0.25) is 5.15 Å². The molecule has 0 bridgehead atoms. The minimum absolute atomic E-state index is 0.611. The van der Waals surface area contributed by atoms with Crippen LogP contribution in [0.1, 0.15) is 31.2 Å². The van der Waals surface area contributed by atoms with Gasteiger partial charge in [0.05, 0.1) is 0 Å². The average Bonchev–Trinajstić information content (AvgIpc) is 3.12. The molecule has 86 valence electrons. The lowest BCUT2D eigenvalue weighted by molar-refractivity contribution is 0.244. The Labute approximate surface area is 102 Å². The Morgan fingerprint density at radius 2 is 2.12 bits per heavy atom. The lowest BCUT2D eigenvalue weighted by Crippen LogP contribution is -2.27. The van der Waals surface area contributed by atoms with Crippen LogP contribution in [-0.4, -0.2) is 22.5 Å². The van der Waals surface area contributed by atoms with E-state index >= 15 is 0 Å². The Hall–Kier alpha value is -0.600. The Morgan fingerprint density at radius 3 is 2.75 bits per heavy atom. The molecule has 3 heteroatoms. The second kappa shape index (κ2) is 4.34. The highest BCUT2D eigenvalue weighted by Gasteiger charge is 2.33. The van der Waals surface area contributed by atoms with E-state index in [1.807, 2.05) is 6.07 Å². The fourth-order valence-corrected chi connectivity index (χ4v) is 2.39. The molecule has 2 aliphatic rings. The molecule has 0 amide bonds. The van der Waals surface area contributed by atoms with Crippen molar-refractivity contribution in [1.82, 2.24) is 9.88 Å². The summed E-state index contributed by atoms with van der Waals surface area (Å²) >= 11 is 5.91. The summed E-state index contributed by atoms with van der Waals surface area (Å²) in [7, 11) is 0. The molecule has 0 spiro atoms. The van der Waals surface area contributed by atoms with Gasteiger partial charge >= 0.3 is 0 Å². The van der Waals surface area contributed by atoms with Crippen LogP contribution in [0.5, 0.6) is 0 Å². The molecule has 1 heterocycles. The molecule has 0 radical (unpaired) electrons. The van der Waals surface area contributed by atoms with E-state index in [-0.39, 0.29) is 0 Å². The Balaban J connectivity index is 1.65. The van der Waals surface area contributed by atoms with Crippen molar-refractivity contribution in [3.8, 4) is 0 Å². The van der Waals surface area contributed by atoms with Crippen LogP contribution >= 0.6 is 11.6 Å². The van der Waals surface area contributed by atoms with Crippen molar-refractivity contribution in [2.75, 3.05) is 6.54 Å². The van der Waals surface area contributed by atoms with Crippen LogP contribution in [0.4, 0.5) is 0 Å². The molecule has 2 fully saturated rings. The van der Waals surface area contributed by atoms with Crippen molar-refractivity contribution in [2.24, 2.45) is 5.92 Å². The number of pyridine rings is 1. The van der Waals surface area contributed by atoms with E-state index in [2.05, 4.69) is 16.0 Å². The van der Waals surface area contributed by atoms with E-state index in [0.717, 1.165) is 18.5 Å². The number of rotatable bonds is 5. The highest BCUT2D eigenvalue weighted by molar-refractivity contribution is 6.29. The molecule has 1 aromatic heterocycles. The molecule has 16 heavy (non-hydrogen) atoms. The lowest BCUT2D eigenvalue weighted by Gasteiger charge is -2.21. The first-order valence-corrected chi connectivity index (χ1v) is 6.53. The first kappa shape index (κ1) is 10.5. The number of nitrogens with zero attached hydrogens (tertiary/aromatic N) is 2. The molecular weight excluding hydrogens is 220 g/mol. The predicted octanol–water partition coefficient (Wildman–Crippen LogP) is 3.11. The summed E-state index contributed by atoms with van der Waals surface area (Å²) in [5.74, 6) is 0.970. The normalized spacial score (nSPS) is 20.4. The Kier molecular flexibility index (Phi) is 2.86. The zero-order valence-electron chi connectivity index (χ0n) is 9.40. The maximum Gasteiger partial charge on any atom is 0.129 e. The van der Waals surface area contributed by atoms with Crippen molar-refractivity contribution in [1.29, 1.82) is 0 Å². The van der Waals surface area contributed by atoms with Gasteiger partial charge in [0.1, 0.15) is 5.15 Å². The third-order valence-electron chi connectivity index (χ3n) is 3.43. The third-order valence-corrected chi connectivity index (χ3v) is 3.64. The summed E-state index contributed by atoms with van der Waals surface area (Å²) in [5, 5.41) is 0.611. The Bertz CT molecular complexity index is 372. The zero-order valence-corrected chi connectivity index (χ0v) is 10.2. The molecule has 0 aliphatic heterocycles. The molecule has 0 atom stereocenters. The molecule has 3 rings (SSSR count). The van der Waals surface area contributed by atoms with Crippen molar-refractivity contribution in [3.05, 3.63) is 29.0 Å². The summed E-state index contributed by atoms with van der Waals surface area (Å²) < 4.78 is 0. The summed E-state index contributed by atoms with van der Waals surface area (Å²) in [4.78, 5) is 6.66. The molecule has 0 unspecified atom stereocenters. The number of hydrogen-bond donors (Lipinski definition) is 0. The van der Waals surface area contributed by atoms with Gasteiger partial charge in [-0.1, -0.05) is 11.6 Å². The van der Waals surface area contributed by atoms with Gasteiger partial charge in [0.25, 0.3) is 0 Å². The standard InChI is InChI=1S/C13H17ClN2/c14-13-7-11(5-6-15-13)9-16(12-3-4-12)8-10-1-2-10/h5-7,10,12H,1-4,8-9H2. The maximum atomic E-state index is 5.91. The van der Waals surface area contributed by atoms with Crippen LogP contribution < -0.4 is 0 Å². The third kappa shape index (κ3) is 2.74. The smallest absolute Gasteiger partial charge is 0.129 e. The topological polar surface area (TPSA) is 16.1 Å². The molecule has 0 aromatic carbocycles. The number of aromatic nitrogens is 1. The average molecular weight is 237 g/mol. The van der Waals surface area contributed by atoms with Crippen LogP contribution in [0, 0.1) is 5.92 Å². The molecule has 2 aliphatic carbocycles. The first-order valence-electron chi connectivity index (χ1n) is 6.16. The quantitative estimate of drug-likeness (QED) is 0.731. The lowest BCUT2D eigenvalue weighted by atomic mass is 10.2. The summed E-state index contributed by atoms with van der Waals surface area (Å²) in [5.41, 5.74) is 1.30. The molecule has 0 N–H and O–H groups in total. The predicted molar refractivity (Wildman–Crippen MR) is 65.4 cm³/mol. The maximum absolute atomic E-state index is 5.91. The van der Waals surface area contributed by atoms with Crippen molar-refractivity contribution in [2.45, 2.75) is 38.3 Å². The number of hydrogen-bond acceptors (Lipinski definition) is 2. The van der Waals surface area contributed by atoms with E-state index in [1.165, 1.54) is 37.8 Å². The van der Waals surface area contributed by atoms with Crippen LogP contribution in [0.3, 0.4) is 0 Å². The zero-order chi connectivity index (χ0) is 11.0. The van der Waals surface area contributed by atoms with Crippen molar-refractivity contribution in [3.63, 3.8) is 0 Å². The fourth-order valence-electron chi connectivity index (χ4n) is 2.19. The van der Waals surface area contributed by atoms with Gasteiger partial charge < -0.3 is 0 Å². The summed E-state index contributed by atoms with van der Waals surface area (Å²) in [6.07, 6.45) is 7.43. The SMILES string of the molecule is Clc1cc(CN(CC2CC2)C2CC2)ccn1. The molecule has 2 nitrogen and oxygen atoms in total. The van der Waals surface area contributed by atoms with Crippen LogP contribution in [-0.2, 0) is 6.54 Å². The number of halogens is 1. The fraction of sp³-hybridized carbons (Fsp3) is 0.615. The van der Waals surface area contributed by atoms with Gasteiger partial charge in [-0.2, -0.15) is 0 Å². The highest BCUT2D eigenvalue weighted by Crippen LogP contribution is 2.35.